The maximum Gasteiger partial charge on any atom is 0.0392 e. The number of rotatable bonds is 2. The van der Waals surface area contributed by atoms with Gasteiger partial charge in [-0.25, -0.2) is 0 Å². The van der Waals surface area contributed by atoms with Crippen LogP contribution in [-0.2, 0) is 0 Å². The van der Waals surface area contributed by atoms with Gasteiger partial charge < -0.3 is 11.1 Å². The topological polar surface area (TPSA) is 38.0 Å². The van der Waals surface area contributed by atoms with E-state index in [0.29, 0.717) is 6.04 Å². The van der Waals surface area contributed by atoms with Crippen molar-refractivity contribution < 1.29 is 0 Å². The molecule has 0 radical (unpaired) electrons. The first-order valence-electron chi connectivity index (χ1n) is 4.89. The second kappa shape index (κ2) is 3.29. The SMILES string of the molecule is Cc1c(N)cccc1NC1CCC1. The molecular formula is C11H16N2. The number of hydrogen-bond donors (Lipinski definition) is 2. The largest absolute Gasteiger partial charge is 0.398 e. The van der Waals surface area contributed by atoms with Gasteiger partial charge in [-0.1, -0.05) is 6.07 Å². The lowest BCUT2D eigenvalue weighted by molar-refractivity contribution is 0.445. The van der Waals surface area contributed by atoms with Crippen LogP contribution < -0.4 is 11.1 Å². The second-order valence-corrected chi connectivity index (χ2v) is 3.79. The summed E-state index contributed by atoms with van der Waals surface area (Å²) in [5.41, 5.74) is 9.07. The molecule has 1 aliphatic rings. The zero-order valence-corrected chi connectivity index (χ0v) is 8.01. The molecule has 2 rings (SSSR count). The van der Waals surface area contributed by atoms with Crippen molar-refractivity contribution in [3.63, 3.8) is 0 Å². The minimum Gasteiger partial charge on any atom is -0.398 e. The summed E-state index contributed by atoms with van der Waals surface area (Å²) < 4.78 is 0. The molecule has 1 saturated carbocycles. The maximum absolute atomic E-state index is 5.82. The van der Waals surface area contributed by atoms with Crippen LogP contribution in [0.25, 0.3) is 0 Å². The van der Waals surface area contributed by atoms with Crippen LogP contribution in [0.15, 0.2) is 18.2 Å². The van der Waals surface area contributed by atoms with Gasteiger partial charge in [0.1, 0.15) is 0 Å². The van der Waals surface area contributed by atoms with Crippen molar-refractivity contribution in [3.05, 3.63) is 23.8 Å². The highest BCUT2D eigenvalue weighted by Crippen LogP contribution is 2.27. The number of nitrogen functional groups attached to an aromatic ring is 1. The van der Waals surface area contributed by atoms with Gasteiger partial charge in [-0.2, -0.15) is 0 Å². The number of benzene rings is 1. The molecule has 0 spiro atoms. The molecule has 0 aliphatic heterocycles. The fourth-order valence-electron chi connectivity index (χ4n) is 1.58. The second-order valence-electron chi connectivity index (χ2n) is 3.79. The zero-order chi connectivity index (χ0) is 9.26. The van der Waals surface area contributed by atoms with Gasteiger partial charge in [0.05, 0.1) is 0 Å². The van der Waals surface area contributed by atoms with E-state index >= 15 is 0 Å². The first kappa shape index (κ1) is 8.42. The molecule has 2 heteroatoms. The summed E-state index contributed by atoms with van der Waals surface area (Å²) >= 11 is 0. The Kier molecular flexibility index (Phi) is 2.13. The van der Waals surface area contributed by atoms with E-state index in [0.717, 1.165) is 5.69 Å². The summed E-state index contributed by atoms with van der Waals surface area (Å²) in [6.45, 7) is 2.07. The lowest BCUT2D eigenvalue weighted by atomic mass is 9.92. The molecule has 0 aromatic heterocycles. The standard InChI is InChI=1S/C11H16N2/c1-8-10(12)6-3-7-11(8)13-9-4-2-5-9/h3,6-7,9,13H,2,4-5,12H2,1H3. The van der Waals surface area contributed by atoms with E-state index in [1.54, 1.807) is 0 Å². The van der Waals surface area contributed by atoms with E-state index in [-0.39, 0.29) is 0 Å². The van der Waals surface area contributed by atoms with Crippen molar-refractivity contribution in [1.29, 1.82) is 0 Å². The Balaban J connectivity index is 2.14. The van der Waals surface area contributed by atoms with Crippen molar-refractivity contribution in [1.82, 2.24) is 0 Å². The quantitative estimate of drug-likeness (QED) is 0.679. The molecule has 2 nitrogen and oxygen atoms in total. The fraction of sp³-hybridized carbons (Fsp3) is 0.455. The minimum atomic E-state index is 0.681. The summed E-state index contributed by atoms with van der Waals surface area (Å²) in [4.78, 5) is 0. The molecular weight excluding hydrogens is 160 g/mol. The molecule has 0 saturated heterocycles. The molecule has 1 aromatic rings. The summed E-state index contributed by atoms with van der Waals surface area (Å²) in [7, 11) is 0. The van der Waals surface area contributed by atoms with Crippen LogP contribution in [0.4, 0.5) is 11.4 Å². The van der Waals surface area contributed by atoms with E-state index < -0.39 is 0 Å². The lowest BCUT2D eigenvalue weighted by Gasteiger charge is -2.28. The molecule has 0 atom stereocenters. The van der Waals surface area contributed by atoms with E-state index in [1.165, 1.54) is 30.5 Å². The highest BCUT2D eigenvalue weighted by Gasteiger charge is 2.17. The number of hydrogen-bond acceptors (Lipinski definition) is 2. The van der Waals surface area contributed by atoms with E-state index in [9.17, 15) is 0 Å². The van der Waals surface area contributed by atoms with Crippen LogP contribution in [0.5, 0.6) is 0 Å². The summed E-state index contributed by atoms with van der Waals surface area (Å²) in [5, 5.41) is 3.51. The Hall–Kier alpha value is -1.18. The monoisotopic (exact) mass is 176 g/mol. The van der Waals surface area contributed by atoms with Gasteiger partial charge in [0.2, 0.25) is 0 Å². The van der Waals surface area contributed by atoms with Crippen molar-refractivity contribution in [2.45, 2.75) is 32.2 Å². The zero-order valence-electron chi connectivity index (χ0n) is 8.01. The van der Waals surface area contributed by atoms with E-state index in [1.807, 2.05) is 12.1 Å². The molecule has 1 aromatic carbocycles. The van der Waals surface area contributed by atoms with Crippen molar-refractivity contribution in [3.8, 4) is 0 Å². The molecule has 1 aliphatic carbocycles. The minimum absolute atomic E-state index is 0.681. The molecule has 0 bridgehead atoms. The van der Waals surface area contributed by atoms with Gasteiger partial charge in [-0.3, -0.25) is 0 Å². The summed E-state index contributed by atoms with van der Waals surface area (Å²) in [5.74, 6) is 0. The third-order valence-electron chi connectivity index (χ3n) is 2.84. The Bertz CT molecular complexity index is 303. The van der Waals surface area contributed by atoms with Crippen LogP contribution in [0.1, 0.15) is 24.8 Å². The van der Waals surface area contributed by atoms with Gasteiger partial charge in [0.25, 0.3) is 0 Å². The van der Waals surface area contributed by atoms with Crippen molar-refractivity contribution in [2.24, 2.45) is 0 Å². The van der Waals surface area contributed by atoms with Gasteiger partial charge in [-0.15, -0.1) is 0 Å². The lowest BCUT2D eigenvalue weighted by Crippen LogP contribution is -2.27. The first-order chi connectivity index (χ1) is 6.27. The molecule has 0 heterocycles. The van der Waals surface area contributed by atoms with Gasteiger partial charge >= 0.3 is 0 Å². The normalized spacial score (nSPS) is 16.7. The van der Waals surface area contributed by atoms with Crippen LogP contribution in [0.2, 0.25) is 0 Å². The van der Waals surface area contributed by atoms with Crippen LogP contribution in [0.3, 0.4) is 0 Å². The smallest absolute Gasteiger partial charge is 0.0392 e. The van der Waals surface area contributed by atoms with Crippen LogP contribution in [-0.4, -0.2) is 6.04 Å². The van der Waals surface area contributed by atoms with Crippen molar-refractivity contribution >= 4 is 11.4 Å². The molecule has 13 heavy (non-hydrogen) atoms. The summed E-state index contributed by atoms with van der Waals surface area (Å²) in [6.07, 6.45) is 3.96. The van der Waals surface area contributed by atoms with Gasteiger partial charge in [0.15, 0.2) is 0 Å². The number of anilines is 2. The molecule has 1 fully saturated rings. The predicted molar refractivity (Wildman–Crippen MR) is 56.9 cm³/mol. The third kappa shape index (κ3) is 1.62. The Morgan fingerprint density at radius 1 is 1.38 bits per heavy atom. The molecule has 0 amide bonds. The van der Waals surface area contributed by atoms with Gasteiger partial charge in [-0.05, 0) is 43.9 Å². The van der Waals surface area contributed by atoms with Crippen molar-refractivity contribution in [2.75, 3.05) is 11.1 Å². The first-order valence-corrected chi connectivity index (χ1v) is 4.89. The molecule has 70 valence electrons. The fourth-order valence-corrected chi connectivity index (χ4v) is 1.58. The number of nitrogens with one attached hydrogen (secondary N) is 1. The van der Waals surface area contributed by atoms with Crippen LogP contribution >= 0.6 is 0 Å². The third-order valence-corrected chi connectivity index (χ3v) is 2.84. The Morgan fingerprint density at radius 2 is 2.15 bits per heavy atom. The average Bonchev–Trinajstić information content (AvgIpc) is 2.04. The molecule has 3 N–H and O–H groups in total. The maximum atomic E-state index is 5.82. The van der Waals surface area contributed by atoms with E-state index in [2.05, 4.69) is 18.3 Å². The highest BCUT2D eigenvalue weighted by molar-refractivity contribution is 5.63. The van der Waals surface area contributed by atoms with E-state index in [4.69, 9.17) is 5.73 Å². The van der Waals surface area contributed by atoms with Crippen LogP contribution in [0, 0.1) is 6.92 Å². The Morgan fingerprint density at radius 3 is 2.77 bits per heavy atom. The highest BCUT2D eigenvalue weighted by atomic mass is 14.9. The molecule has 0 unspecified atom stereocenters. The Labute approximate surface area is 79.1 Å². The average molecular weight is 176 g/mol. The number of nitrogens with two attached hydrogens (primary N) is 1. The predicted octanol–water partition coefficient (Wildman–Crippen LogP) is 2.54. The van der Waals surface area contributed by atoms with Gasteiger partial charge in [0, 0.05) is 17.4 Å². The summed E-state index contributed by atoms with van der Waals surface area (Å²) in [6, 6.07) is 6.73.